The van der Waals surface area contributed by atoms with E-state index >= 15 is 0 Å². The van der Waals surface area contributed by atoms with Crippen LogP contribution in [0, 0.1) is 6.92 Å². The average molecular weight is 449 g/mol. The number of halogens is 2. The summed E-state index contributed by atoms with van der Waals surface area (Å²) in [5.41, 5.74) is 1.43. The standard InChI is InChI=1S/C19H14Cl2N4O3S/c1-11-7-17(23-18(26)9-28-15-5-4-12(20)8-13(15)21)25(24-11)19-22-14(10-29-19)16-3-2-6-27-16/h2-8,10H,9H2,1H3,(H,23,26). The zero-order valence-corrected chi connectivity index (χ0v) is 17.4. The van der Waals surface area contributed by atoms with Gasteiger partial charge in [-0.05, 0) is 37.3 Å². The fraction of sp³-hybridized carbons (Fsp3) is 0.105. The molecule has 3 heterocycles. The van der Waals surface area contributed by atoms with Crippen LogP contribution < -0.4 is 10.1 Å². The number of nitrogens with zero attached hydrogens (tertiary/aromatic N) is 3. The average Bonchev–Trinajstić information content (AvgIpc) is 3.41. The number of aryl methyl sites for hydroxylation is 1. The molecule has 10 heteroatoms. The summed E-state index contributed by atoms with van der Waals surface area (Å²) >= 11 is 13.3. The fourth-order valence-corrected chi connectivity index (χ4v) is 3.79. The molecule has 0 radical (unpaired) electrons. The van der Waals surface area contributed by atoms with Crippen molar-refractivity contribution in [3.63, 3.8) is 0 Å². The lowest BCUT2D eigenvalue weighted by Crippen LogP contribution is -2.22. The van der Waals surface area contributed by atoms with Crippen LogP contribution in [0.5, 0.6) is 5.75 Å². The highest BCUT2D eigenvalue weighted by Crippen LogP contribution is 2.28. The highest BCUT2D eigenvalue weighted by molar-refractivity contribution is 7.12. The fourth-order valence-electron chi connectivity index (χ4n) is 2.55. The predicted octanol–water partition coefficient (Wildman–Crippen LogP) is 5.22. The third-order valence-corrected chi connectivity index (χ3v) is 5.15. The van der Waals surface area contributed by atoms with Gasteiger partial charge in [-0.25, -0.2) is 4.98 Å². The van der Waals surface area contributed by atoms with Gasteiger partial charge < -0.3 is 14.5 Å². The summed E-state index contributed by atoms with van der Waals surface area (Å²) in [5, 5.41) is 10.5. The van der Waals surface area contributed by atoms with Gasteiger partial charge in [0.1, 0.15) is 17.3 Å². The molecule has 1 amide bonds. The van der Waals surface area contributed by atoms with Crippen molar-refractivity contribution in [3.05, 3.63) is 63.8 Å². The number of ether oxygens (including phenoxy) is 1. The van der Waals surface area contributed by atoms with Crippen molar-refractivity contribution in [3.8, 4) is 22.3 Å². The summed E-state index contributed by atoms with van der Waals surface area (Å²) in [6, 6.07) is 10.2. The van der Waals surface area contributed by atoms with Gasteiger partial charge in [0.15, 0.2) is 12.4 Å². The number of hydrogen-bond donors (Lipinski definition) is 1. The lowest BCUT2D eigenvalue weighted by atomic mass is 10.3. The normalized spacial score (nSPS) is 10.9. The monoisotopic (exact) mass is 448 g/mol. The number of thiazole rings is 1. The van der Waals surface area contributed by atoms with Gasteiger partial charge in [0, 0.05) is 16.5 Å². The van der Waals surface area contributed by atoms with Crippen LogP contribution in [0.1, 0.15) is 5.69 Å². The Balaban J connectivity index is 1.47. The number of benzene rings is 1. The maximum Gasteiger partial charge on any atom is 0.263 e. The van der Waals surface area contributed by atoms with Crippen LogP contribution in [-0.4, -0.2) is 27.3 Å². The Labute approximate surface area is 179 Å². The number of hydrogen-bond acceptors (Lipinski definition) is 6. The summed E-state index contributed by atoms with van der Waals surface area (Å²) in [6.45, 7) is 1.61. The second-order valence-electron chi connectivity index (χ2n) is 5.99. The molecule has 0 saturated heterocycles. The Morgan fingerprint density at radius 1 is 1.31 bits per heavy atom. The van der Waals surface area contributed by atoms with Crippen molar-refractivity contribution < 1.29 is 13.9 Å². The molecule has 29 heavy (non-hydrogen) atoms. The first-order valence-electron chi connectivity index (χ1n) is 8.44. The maximum absolute atomic E-state index is 12.4. The number of anilines is 1. The summed E-state index contributed by atoms with van der Waals surface area (Å²) in [5.74, 6) is 1.16. The van der Waals surface area contributed by atoms with E-state index in [2.05, 4.69) is 15.4 Å². The minimum Gasteiger partial charge on any atom is -0.482 e. The molecule has 4 aromatic rings. The van der Waals surface area contributed by atoms with Gasteiger partial charge in [-0.1, -0.05) is 23.2 Å². The summed E-state index contributed by atoms with van der Waals surface area (Å²) in [7, 11) is 0. The van der Waals surface area contributed by atoms with Gasteiger partial charge in [0.25, 0.3) is 5.91 Å². The van der Waals surface area contributed by atoms with Crippen molar-refractivity contribution in [2.45, 2.75) is 6.92 Å². The van der Waals surface area contributed by atoms with E-state index in [0.29, 0.717) is 38.2 Å². The van der Waals surface area contributed by atoms with Crippen molar-refractivity contribution in [1.29, 1.82) is 0 Å². The van der Waals surface area contributed by atoms with E-state index in [1.54, 1.807) is 41.3 Å². The van der Waals surface area contributed by atoms with Crippen LogP contribution >= 0.6 is 34.5 Å². The molecule has 0 aliphatic rings. The van der Waals surface area contributed by atoms with Crippen LogP contribution in [0.2, 0.25) is 10.0 Å². The van der Waals surface area contributed by atoms with Crippen LogP contribution in [0.25, 0.3) is 16.6 Å². The van der Waals surface area contributed by atoms with Crippen LogP contribution in [0.15, 0.2) is 52.5 Å². The number of amides is 1. The molecule has 0 fully saturated rings. The number of furan rings is 1. The Morgan fingerprint density at radius 3 is 2.93 bits per heavy atom. The molecule has 1 aromatic carbocycles. The third-order valence-electron chi connectivity index (χ3n) is 3.80. The number of rotatable bonds is 6. The zero-order valence-electron chi connectivity index (χ0n) is 15.1. The number of carbonyl (C=O) groups is 1. The van der Waals surface area contributed by atoms with Crippen LogP contribution in [-0.2, 0) is 4.79 Å². The highest BCUT2D eigenvalue weighted by Gasteiger charge is 2.16. The van der Waals surface area contributed by atoms with Crippen molar-refractivity contribution in [2.24, 2.45) is 0 Å². The van der Waals surface area contributed by atoms with E-state index in [4.69, 9.17) is 32.4 Å². The minimum absolute atomic E-state index is 0.221. The molecule has 0 saturated carbocycles. The second-order valence-corrected chi connectivity index (χ2v) is 7.67. The lowest BCUT2D eigenvalue weighted by molar-refractivity contribution is -0.118. The second kappa shape index (κ2) is 8.28. The summed E-state index contributed by atoms with van der Waals surface area (Å²) in [4.78, 5) is 16.9. The first-order chi connectivity index (χ1) is 14.0. The Hall–Kier alpha value is -2.81. The lowest BCUT2D eigenvalue weighted by Gasteiger charge is -2.09. The van der Waals surface area contributed by atoms with Gasteiger partial charge in [-0.15, -0.1) is 11.3 Å². The predicted molar refractivity (Wildman–Crippen MR) is 112 cm³/mol. The largest absolute Gasteiger partial charge is 0.482 e. The first-order valence-corrected chi connectivity index (χ1v) is 10.1. The van der Waals surface area contributed by atoms with Crippen LogP contribution in [0.4, 0.5) is 5.82 Å². The van der Waals surface area contributed by atoms with E-state index in [1.807, 2.05) is 18.4 Å². The molecule has 0 aliphatic heterocycles. The van der Waals surface area contributed by atoms with E-state index < -0.39 is 0 Å². The van der Waals surface area contributed by atoms with Gasteiger partial charge in [0.2, 0.25) is 5.13 Å². The number of nitrogens with one attached hydrogen (secondary N) is 1. The topological polar surface area (TPSA) is 82.2 Å². The van der Waals surface area contributed by atoms with Gasteiger partial charge in [-0.2, -0.15) is 9.78 Å². The molecule has 0 spiro atoms. The van der Waals surface area contributed by atoms with E-state index in [0.717, 1.165) is 5.69 Å². The third kappa shape index (κ3) is 4.45. The molecule has 7 nitrogen and oxygen atoms in total. The van der Waals surface area contributed by atoms with Crippen molar-refractivity contribution in [2.75, 3.05) is 11.9 Å². The molecule has 4 rings (SSSR count). The van der Waals surface area contributed by atoms with Gasteiger partial charge >= 0.3 is 0 Å². The van der Waals surface area contributed by atoms with E-state index in [1.165, 1.54) is 11.3 Å². The number of carbonyl (C=O) groups excluding carboxylic acids is 1. The SMILES string of the molecule is Cc1cc(NC(=O)COc2ccc(Cl)cc2Cl)n(-c2nc(-c3ccco3)cs2)n1. The minimum atomic E-state index is -0.361. The quantitative estimate of drug-likeness (QED) is 0.437. The molecule has 1 N–H and O–H groups in total. The van der Waals surface area contributed by atoms with Crippen molar-refractivity contribution >= 4 is 46.3 Å². The molecule has 3 aromatic heterocycles. The van der Waals surface area contributed by atoms with Gasteiger partial charge in [-0.3, -0.25) is 4.79 Å². The molecular weight excluding hydrogens is 435 g/mol. The Morgan fingerprint density at radius 2 is 2.17 bits per heavy atom. The van der Waals surface area contributed by atoms with E-state index in [-0.39, 0.29) is 12.5 Å². The molecule has 0 aliphatic carbocycles. The molecule has 0 bridgehead atoms. The van der Waals surface area contributed by atoms with Crippen LogP contribution in [0.3, 0.4) is 0 Å². The summed E-state index contributed by atoms with van der Waals surface area (Å²) < 4.78 is 12.4. The Kier molecular flexibility index (Phi) is 5.57. The summed E-state index contributed by atoms with van der Waals surface area (Å²) in [6.07, 6.45) is 1.59. The van der Waals surface area contributed by atoms with Crippen molar-refractivity contribution in [1.82, 2.24) is 14.8 Å². The molecular formula is C19H14Cl2N4O3S. The first kappa shape index (κ1) is 19.5. The Bertz CT molecular complexity index is 1150. The van der Waals surface area contributed by atoms with E-state index in [9.17, 15) is 4.79 Å². The maximum atomic E-state index is 12.4. The zero-order chi connectivity index (χ0) is 20.4. The molecule has 148 valence electrons. The van der Waals surface area contributed by atoms with Gasteiger partial charge in [0.05, 0.1) is 17.0 Å². The molecule has 0 atom stereocenters. The smallest absolute Gasteiger partial charge is 0.263 e. The molecule has 0 unspecified atom stereocenters. The number of aromatic nitrogens is 3. The highest BCUT2D eigenvalue weighted by atomic mass is 35.5.